The molecule has 0 radical (unpaired) electrons. The standard InChI is InChI=1S/C35H55ClN2O5Si/c1-25(24-26(2)29-18-14-20-31(40)42-29)16-12-13-19-30(39)38-32(34(4,5)6)33(41)37-23-15-17-28(22-21-27(3)36)43-44(10,11)35(7,8)9/h12-16,19-21,23-24,26,28-29,32H,17-18,22H2,1-11H3,(H,37,41)(H,38,39)/t26-,28+,29-,32+/m0/s1. The van der Waals surface area contributed by atoms with E-state index in [4.69, 9.17) is 20.8 Å². The van der Waals surface area contributed by atoms with E-state index in [2.05, 4.69) is 44.5 Å². The highest BCUT2D eigenvalue weighted by Gasteiger charge is 2.39. The molecule has 1 heterocycles. The maximum absolute atomic E-state index is 13.1. The van der Waals surface area contributed by atoms with Gasteiger partial charge in [0.1, 0.15) is 12.1 Å². The molecule has 0 saturated heterocycles. The lowest BCUT2D eigenvalue weighted by molar-refractivity contribution is -0.145. The van der Waals surface area contributed by atoms with Crippen LogP contribution in [-0.2, 0) is 23.5 Å². The Bertz CT molecular complexity index is 1160. The van der Waals surface area contributed by atoms with E-state index < -0.39 is 19.8 Å². The largest absolute Gasteiger partial charge is 0.458 e. The molecule has 4 atom stereocenters. The van der Waals surface area contributed by atoms with Gasteiger partial charge in [-0.25, -0.2) is 4.79 Å². The molecule has 2 amide bonds. The Kier molecular flexibility index (Phi) is 15.8. The third kappa shape index (κ3) is 14.9. The highest BCUT2D eigenvalue weighted by Crippen LogP contribution is 2.38. The van der Waals surface area contributed by atoms with Gasteiger partial charge in [-0.3, -0.25) is 9.59 Å². The van der Waals surface area contributed by atoms with Crippen LogP contribution in [-0.4, -0.2) is 44.4 Å². The number of ether oxygens (including phenoxy) is 1. The molecule has 1 aliphatic heterocycles. The second kappa shape index (κ2) is 17.7. The van der Waals surface area contributed by atoms with Crippen LogP contribution in [0.1, 0.15) is 81.6 Å². The average Bonchev–Trinajstić information content (AvgIpc) is 2.89. The normalized spacial score (nSPS) is 19.4. The van der Waals surface area contributed by atoms with Crippen molar-refractivity contribution >= 4 is 37.7 Å². The zero-order valence-corrected chi connectivity index (χ0v) is 30.4. The molecule has 1 aliphatic rings. The summed E-state index contributed by atoms with van der Waals surface area (Å²) in [4.78, 5) is 37.3. The summed E-state index contributed by atoms with van der Waals surface area (Å²) in [6.45, 7) is 22.6. The molecule has 44 heavy (non-hydrogen) atoms. The lowest BCUT2D eigenvalue weighted by Crippen LogP contribution is -2.52. The third-order valence-electron chi connectivity index (χ3n) is 7.81. The molecule has 0 unspecified atom stereocenters. The Balaban J connectivity index is 2.78. The van der Waals surface area contributed by atoms with Crippen molar-refractivity contribution < 1.29 is 23.5 Å². The van der Waals surface area contributed by atoms with Gasteiger partial charge < -0.3 is 19.8 Å². The van der Waals surface area contributed by atoms with Gasteiger partial charge in [0.15, 0.2) is 8.32 Å². The number of rotatable bonds is 14. The molecule has 0 bridgehead atoms. The maximum Gasteiger partial charge on any atom is 0.330 e. The zero-order chi connectivity index (χ0) is 33.7. The number of amides is 2. The number of hydrogen-bond acceptors (Lipinski definition) is 5. The summed E-state index contributed by atoms with van der Waals surface area (Å²) in [6, 6.07) is -0.746. The van der Waals surface area contributed by atoms with Crippen molar-refractivity contribution in [2.24, 2.45) is 11.3 Å². The number of cyclic esters (lactones) is 1. The fourth-order valence-electron chi connectivity index (χ4n) is 4.17. The first-order valence-electron chi connectivity index (χ1n) is 15.4. The van der Waals surface area contributed by atoms with Gasteiger partial charge in [-0.05, 0) is 56.4 Å². The van der Waals surface area contributed by atoms with E-state index in [1.807, 2.05) is 71.9 Å². The van der Waals surface area contributed by atoms with Gasteiger partial charge in [-0.2, -0.15) is 0 Å². The van der Waals surface area contributed by atoms with Crippen LogP contribution in [0.3, 0.4) is 0 Å². The zero-order valence-electron chi connectivity index (χ0n) is 28.6. The minimum Gasteiger partial charge on any atom is -0.458 e. The fraction of sp³-hybridized carbons (Fsp3) is 0.571. The molecular weight excluding hydrogens is 592 g/mol. The molecule has 9 heteroatoms. The van der Waals surface area contributed by atoms with Gasteiger partial charge in [-0.15, -0.1) is 0 Å². The predicted octanol–water partition coefficient (Wildman–Crippen LogP) is 8.03. The molecule has 0 aliphatic carbocycles. The number of allylic oxidation sites excluding steroid dienone is 5. The topological polar surface area (TPSA) is 93.7 Å². The Morgan fingerprint density at radius 2 is 1.75 bits per heavy atom. The number of hydrogen-bond donors (Lipinski definition) is 2. The molecule has 0 saturated carbocycles. The molecule has 0 fully saturated rings. The van der Waals surface area contributed by atoms with Crippen molar-refractivity contribution in [3.63, 3.8) is 0 Å². The summed E-state index contributed by atoms with van der Waals surface area (Å²) in [5, 5.41) is 6.47. The molecule has 7 nitrogen and oxygen atoms in total. The van der Waals surface area contributed by atoms with Crippen molar-refractivity contribution in [3.05, 3.63) is 71.5 Å². The van der Waals surface area contributed by atoms with E-state index in [0.717, 1.165) is 10.6 Å². The fourth-order valence-corrected chi connectivity index (χ4v) is 5.64. The van der Waals surface area contributed by atoms with E-state index in [1.54, 1.807) is 18.4 Å². The first kappa shape index (κ1) is 39.3. The number of halogens is 1. The van der Waals surface area contributed by atoms with E-state index in [-0.39, 0.29) is 40.9 Å². The van der Waals surface area contributed by atoms with Crippen molar-refractivity contribution in [2.45, 2.75) is 118 Å². The highest BCUT2D eigenvalue weighted by molar-refractivity contribution is 6.74. The summed E-state index contributed by atoms with van der Waals surface area (Å²) in [5.74, 6) is -0.914. The molecule has 1 rings (SSSR count). The monoisotopic (exact) mass is 646 g/mol. The Morgan fingerprint density at radius 1 is 1.11 bits per heavy atom. The second-order valence-corrected chi connectivity index (χ2v) is 19.4. The molecule has 246 valence electrons. The molecule has 0 aromatic heterocycles. The van der Waals surface area contributed by atoms with Crippen LogP contribution in [0.5, 0.6) is 0 Å². The summed E-state index contributed by atoms with van der Waals surface area (Å²) >= 11 is 6.09. The van der Waals surface area contributed by atoms with Crippen LogP contribution in [0.2, 0.25) is 18.1 Å². The van der Waals surface area contributed by atoms with Crippen molar-refractivity contribution in [1.82, 2.24) is 10.6 Å². The smallest absolute Gasteiger partial charge is 0.330 e. The summed E-state index contributed by atoms with van der Waals surface area (Å²) in [6.07, 6.45) is 19.2. The Labute approximate surface area is 272 Å². The van der Waals surface area contributed by atoms with Gasteiger partial charge in [-0.1, -0.05) is 108 Å². The van der Waals surface area contributed by atoms with Gasteiger partial charge in [0.25, 0.3) is 0 Å². The van der Waals surface area contributed by atoms with Gasteiger partial charge in [0.2, 0.25) is 11.8 Å². The van der Waals surface area contributed by atoms with Gasteiger partial charge >= 0.3 is 5.97 Å². The lowest BCUT2D eigenvalue weighted by atomic mass is 9.86. The average molecular weight is 647 g/mol. The molecule has 0 spiro atoms. The van der Waals surface area contributed by atoms with E-state index in [9.17, 15) is 14.4 Å². The van der Waals surface area contributed by atoms with Gasteiger partial charge in [0, 0.05) is 29.5 Å². The van der Waals surface area contributed by atoms with Crippen LogP contribution >= 0.6 is 11.6 Å². The van der Waals surface area contributed by atoms with Crippen LogP contribution in [0, 0.1) is 11.3 Å². The molecule has 0 aromatic carbocycles. The third-order valence-corrected chi connectivity index (χ3v) is 12.5. The molecular formula is C35H55ClN2O5Si. The van der Waals surface area contributed by atoms with Crippen molar-refractivity contribution in [3.8, 4) is 0 Å². The molecule has 2 N–H and O–H groups in total. The van der Waals surface area contributed by atoms with E-state index in [0.29, 0.717) is 19.3 Å². The SMILES string of the molecule is CC(Cl)=CC[C@@H](CC=CNC(=O)[C@@H](NC(=O)C=CC=CC(C)=C[C@H](C)[C@@H]1CC=CC(=O)O1)C(C)(C)C)O[Si](C)(C)C(C)(C)C. The second-order valence-electron chi connectivity index (χ2n) is 14.1. The predicted molar refractivity (Wildman–Crippen MR) is 184 cm³/mol. The quantitative estimate of drug-likeness (QED) is 0.0862. The number of carbonyl (C=O) groups excluding carboxylic acids is 3. The molecule has 0 aromatic rings. The first-order chi connectivity index (χ1) is 20.2. The maximum atomic E-state index is 13.1. The summed E-state index contributed by atoms with van der Waals surface area (Å²) in [5.41, 5.74) is 0.471. The number of nitrogens with one attached hydrogen (secondary N) is 2. The minimum atomic E-state index is -1.99. The summed E-state index contributed by atoms with van der Waals surface area (Å²) < 4.78 is 12.0. The lowest BCUT2D eigenvalue weighted by Gasteiger charge is -2.39. The number of carbonyl (C=O) groups is 3. The van der Waals surface area contributed by atoms with Crippen molar-refractivity contribution in [2.75, 3.05) is 0 Å². The first-order valence-corrected chi connectivity index (χ1v) is 18.7. The van der Waals surface area contributed by atoms with Crippen LogP contribution < -0.4 is 10.6 Å². The minimum absolute atomic E-state index is 0.0577. The Morgan fingerprint density at radius 3 is 2.32 bits per heavy atom. The van der Waals surface area contributed by atoms with Crippen LogP contribution in [0.4, 0.5) is 0 Å². The Hall–Kier alpha value is -2.68. The van der Waals surface area contributed by atoms with Crippen molar-refractivity contribution in [1.29, 1.82) is 0 Å². The van der Waals surface area contributed by atoms with E-state index in [1.165, 1.54) is 12.2 Å². The van der Waals surface area contributed by atoms with E-state index >= 15 is 0 Å². The summed E-state index contributed by atoms with van der Waals surface area (Å²) in [7, 11) is -1.99. The van der Waals surface area contributed by atoms with Crippen LogP contribution in [0.15, 0.2) is 71.5 Å². The van der Waals surface area contributed by atoms with Crippen LogP contribution in [0.25, 0.3) is 0 Å². The highest BCUT2D eigenvalue weighted by atomic mass is 35.5. The number of esters is 1. The van der Waals surface area contributed by atoms with Gasteiger partial charge in [0.05, 0.1) is 6.10 Å².